The maximum absolute atomic E-state index is 12.6. The van der Waals surface area contributed by atoms with Crippen molar-refractivity contribution in [2.45, 2.75) is 6.54 Å². The van der Waals surface area contributed by atoms with Gasteiger partial charge in [0.15, 0.2) is 5.76 Å². The summed E-state index contributed by atoms with van der Waals surface area (Å²) in [5.41, 5.74) is 1.92. The number of ether oxygens (including phenoxy) is 1. The summed E-state index contributed by atoms with van der Waals surface area (Å²) >= 11 is 0. The minimum Gasteiger partial charge on any atom is -0.496 e. The first-order valence-electron chi connectivity index (χ1n) is 10.9. The van der Waals surface area contributed by atoms with E-state index >= 15 is 0 Å². The van der Waals surface area contributed by atoms with Crippen LogP contribution in [0.25, 0.3) is 10.9 Å². The van der Waals surface area contributed by atoms with E-state index in [9.17, 15) is 4.79 Å². The lowest BCUT2D eigenvalue weighted by Crippen LogP contribution is -2.49. The van der Waals surface area contributed by atoms with Crippen LogP contribution in [0.1, 0.15) is 16.1 Å². The van der Waals surface area contributed by atoms with E-state index in [0.717, 1.165) is 28.0 Å². The van der Waals surface area contributed by atoms with Gasteiger partial charge in [0.05, 0.1) is 18.9 Å². The first-order valence-corrected chi connectivity index (χ1v) is 10.9. The summed E-state index contributed by atoms with van der Waals surface area (Å²) in [7, 11) is 1.67. The molecule has 1 fully saturated rings. The van der Waals surface area contributed by atoms with Crippen LogP contribution in [-0.4, -0.2) is 54.1 Å². The standard InChI is InChI=1S/C25H25N5O3/c1-32-21-10-5-2-7-18(21)17-26-23-19-8-3-4-9-20(19)27-25(28-23)30-14-12-29(13-15-30)24(31)22-11-6-16-33-22/h2-11,16H,12-15,17H2,1H3,(H,26,27,28). The minimum atomic E-state index is -0.0850. The molecular weight excluding hydrogens is 418 g/mol. The van der Waals surface area contributed by atoms with Gasteiger partial charge in [0.2, 0.25) is 5.95 Å². The second-order valence-electron chi connectivity index (χ2n) is 7.81. The van der Waals surface area contributed by atoms with Crippen LogP contribution in [0.4, 0.5) is 11.8 Å². The maximum atomic E-state index is 12.6. The number of carbonyl (C=O) groups is 1. The topological polar surface area (TPSA) is 83.7 Å². The lowest BCUT2D eigenvalue weighted by atomic mass is 10.2. The summed E-state index contributed by atoms with van der Waals surface area (Å²) < 4.78 is 10.7. The zero-order valence-electron chi connectivity index (χ0n) is 18.4. The van der Waals surface area contributed by atoms with Gasteiger partial charge in [0.25, 0.3) is 5.91 Å². The maximum Gasteiger partial charge on any atom is 0.289 e. The lowest BCUT2D eigenvalue weighted by Gasteiger charge is -2.34. The predicted octanol–water partition coefficient (Wildman–Crippen LogP) is 3.81. The summed E-state index contributed by atoms with van der Waals surface area (Å²) in [6, 6.07) is 19.3. The molecule has 0 radical (unpaired) electrons. The molecule has 1 saturated heterocycles. The summed E-state index contributed by atoms with van der Waals surface area (Å²) in [5, 5.41) is 4.43. The number of piperazine rings is 1. The molecule has 2 aromatic carbocycles. The summed E-state index contributed by atoms with van der Waals surface area (Å²) in [6.45, 7) is 3.04. The number of anilines is 2. The Hall–Kier alpha value is -4.07. The van der Waals surface area contributed by atoms with E-state index in [2.05, 4.69) is 10.2 Å². The van der Waals surface area contributed by atoms with Gasteiger partial charge in [-0.2, -0.15) is 4.98 Å². The van der Waals surface area contributed by atoms with Crippen molar-refractivity contribution in [1.29, 1.82) is 0 Å². The van der Waals surface area contributed by atoms with Gasteiger partial charge < -0.3 is 24.3 Å². The Kier molecular flexibility index (Phi) is 5.80. The highest BCUT2D eigenvalue weighted by molar-refractivity contribution is 5.92. The highest BCUT2D eigenvalue weighted by Crippen LogP contribution is 2.26. The number of nitrogens with one attached hydrogen (secondary N) is 1. The van der Waals surface area contributed by atoms with Crippen molar-refractivity contribution in [3.63, 3.8) is 0 Å². The van der Waals surface area contributed by atoms with E-state index in [1.165, 1.54) is 6.26 Å². The normalized spacial score (nSPS) is 13.8. The predicted molar refractivity (Wildman–Crippen MR) is 127 cm³/mol. The van der Waals surface area contributed by atoms with Crippen molar-refractivity contribution < 1.29 is 13.9 Å². The molecule has 0 spiro atoms. The van der Waals surface area contributed by atoms with Gasteiger partial charge in [0.1, 0.15) is 11.6 Å². The van der Waals surface area contributed by atoms with Crippen LogP contribution in [-0.2, 0) is 6.54 Å². The molecule has 0 bridgehead atoms. The van der Waals surface area contributed by atoms with Crippen LogP contribution in [0.2, 0.25) is 0 Å². The van der Waals surface area contributed by atoms with Crippen LogP contribution in [0.5, 0.6) is 5.75 Å². The van der Waals surface area contributed by atoms with Gasteiger partial charge in [0, 0.05) is 43.7 Å². The molecule has 8 nitrogen and oxygen atoms in total. The van der Waals surface area contributed by atoms with E-state index in [1.54, 1.807) is 24.1 Å². The van der Waals surface area contributed by atoms with Gasteiger partial charge in [-0.15, -0.1) is 0 Å². The molecule has 0 saturated carbocycles. The Morgan fingerprint density at radius 3 is 2.58 bits per heavy atom. The Morgan fingerprint density at radius 1 is 1.00 bits per heavy atom. The summed E-state index contributed by atoms with van der Waals surface area (Å²) in [4.78, 5) is 26.1. The second-order valence-corrected chi connectivity index (χ2v) is 7.81. The molecule has 2 aromatic heterocycles. The smallest absolute Gasteiger partial charge is 0.289 e. The van der Waals surface area contributed by atoms with Crippen LogP contribution in [0.15, 0.2) is 71.3 Å². The number of furan rings is 1. The van der Waals surface area contributed by atoms with Crippen LogP contribution < -0.4 is 15.0 Å². The van der Waals surface area contributed by atoms with Crippen LogP contribution >= 0.6 is 0 Å². The zero-order valence-corrected chi connectivity index (χ0v) is 18.4. The van der Waals surface area contributed by atoms with E-state index in [4.69, 9.17) is 19.1 Å². The Morgan fingerprint density at radius 2 is 1.79 bits per heavy atom. The molecule has 4 aromatic rings. The largest absolute Gasteiger partial charge is 0.496 e. The number of hydrogen-bond donors (Lipinski definition) is 1. The quantitative estimate of drug-likeness (QED) is 0.485. The molecule has 0 atom stereocenters. The number of carbonyl (C=O) groups excluding carboxylic acids is 1. The second kappa shape index (κ2) is 9.20. The molecule has 0 unspecified atom stereocenters. The summed E-state index contributed by atoms with van der Waals surface area (Å²) in [6.07, 6.45) is 1.52. The first kappa shape index (κ1) is 20.8. The third-order valence-electron chi connectivity index (χ3n) is 5.81. The van der Waals surface area contributed by atoms with Crippen molar-refractivity contribution in [2.24, 2.45) is 0 Å². The number of amides is 1. The molecule has 1 amide bonds. The number of methoxy groups -OCH3 is 1. The fraction of sp³-hybridized carbons (Fsp3) is 0.240. The van der Waals surface area contributed by atoms with E-state index in [1.807, 2.05) is 48.5 Å². The van der Waals surface area contributed by atoms with Gasteiger partial charge in [-0.05, 0) is 30.3 Å². The highest BCUT2D eigenvalue weighted by atomic mass is 16.5. The fourth-order valence-corrected chi connectivity index (χ4v) is 4.03. The van der Waals surface area contributed by atoms with Crippen molar-refractivity contribution in [1.82, 2.24) is 14.9 Å². The minimum absolute atomic E-state index is 0.0850. The number of fused-ring (bicyclic) bond motifs is 1. The van der Waals surface area contributed by atoms with Crippen molar-refractivity contribution >= 4 is 28.6 Å². The summed E-state index contributed by atoms with van der Waals surface area (Å²) in [5.74, 6) is 2.55. The Labute approximate surface area is 191 Å². The fourth-order valence-electron chi connectivity index (χ4n) is 4.03. The van der Waals surface area contributed by atoms with E-state index < -0.39 is 0 Å². The Bertz CT molecular complexity index is 1250. The zero-order chi connectivity index (χ0) is 22.6. The Balaban J connectivity index is 1.35. The van der Waals surface area contributed by atoms with Gasteiger partial charge in [-0.25, -0.2) is 4.98 Å². The number of benzene rings is 2. The van der Waals surface area contributed by atoms with Crippen molar-refractivity contribution in [3.05, 3.63) is 78.3 Å². The van der Waals surface area contributed by atoms with Crippen molar-refractivity contribution in [2.75, 3.05) is 43.5 Å². The number of rotatable bonds is 6. The van der Waals surface area contributed by atoms with E-state index in [0.29, 0.717) is 44.4 Å². The van der Waals surface area contributed by atoms with Gasteiger partial charge in [-0.3, -0.25) is 4.79 Å². The molecule has 33 heavy (non-hydrogen) atoms. The van der Waals surface area contributed by atoms with Crippen LogP contribution in [0, 0.1) is 0 Å². The third-order valence-corrected chi connectivity index (χ3v) is 5.81. The molecule has 1 N–H and O–H groups in total. The molecule has 168 valence electrons. The number of nitrogens with zero attached hydrogens (tertiary/aromatic N) is 4. The molecule has 5 rings (SSSR count). The molecule has 1 aliphatic rings. The molecule has 0 aliphatic carbocycles. The lowest BCUT2D eigenvalue weighted by molar-refractivity contribution is 0.0714. The van der Waals surface area contributed by atoms with Gasteiger partial charge in [-0.1, -0.05) is 30.3 Å². The van der Waals surface area contributed by atoms with E-state index in [-0.39, 0.29) is 5.91 Å². The SMILES string of the molecule is COc1ccccc1CNc1nc(N2CCN(C(=O)c3ccco3)CC2)nc2ccccc12. The van der Waals surface area contributed by atoms with Gasteiger partial charge >= 0.3 is 0 Å². The molecule has 3 heterocycles. The third kappa shape index (κ3) is 4.32. The number of aromatic nitrogens is 2. The molecule has 1 aliphatic heterocycles. The highest BCUT2D eigenvalue weighted by Gasteiger charge is 2.25. The monoisotopic (exact) mass is 443 g/mol. The molecular formula is C25H25N5O3. The number of para-hydroxylation sites is 2. The average molecular weight is 444 g/mol. The molecule has 8 heteroatoms. The average Bonchev–Trinajstić information content (AvgIpc) is 3.42. The number of hydrogen-bond acceptors (Lipinski definition) is 7. The first-order chi connectivity index (χ1) is 16.2. The van der Waals surface area contributed by atoms with Crippen LogP contribution in [0.3, 0.4) is 0 Å². The van der Waals surface area contributed by atoms with Crippen molar-refractivity contribution in [3.8, 4) is 5.75 Å².